The van der Waals surface area contributed by atoms with Gasteiger partial charge in [-0.2, -0.15) is 0 Å². The first-order valence-corrected chi connectivity index (χ1v) is 10.5. The van der Waals surface area contributed by atoms with Crippen molar-refractivity contribution in [2.24, 2.45) is 5.41 Å². The highest BCUT2D eigenvalue weighted by Crippen LogP contribution is 2.30. The van der Waals surface area contributed by atoms with E-state index in [1.165, 1.54) is 0 Å². The Balaban J connectivity index is 0.00000300. The molecule has 2 amide bonds. The van der Waals surface area contributed by atoms with Gasteiger partial charge in [0, 0.05) is 65.3 Å². The molecule has 3 rings (SSSR count). The van der Waals surface area contributed by atoms with Crippen LogP contribution in [0.15, 0.2) is 0 Å². The van der Waals surface area contributed by atoms with E-state index < -0.39 is 5.41 Å². The van der Waals surface area contributed by atoms with E-state index in [0.29, 0.717) is 26.1 Å². The predicted molar refractivity (Wildman–Crippen MR) is 127 cm³/mol. The molecule has 3 heterocycles. The molecule has 9 nitrogen and oxygen atoms in total. The maximum atomic E-state index is 12.9. The van der Waals surface area contributed by atoms with E-state index in [1.54, 1.807) is 0 Å². The smallest absolute Gasteiger partial charge is 0.228 e. The van der Waals surface area contributed by atoms with Crippen LogP contribution >= 0.6 is 37.2 Å². The first kappa shape index (κ1) is 30.6. The highest BCUT2D eigenvalue weighted by Gasteiger charge is 2.42. The second kappa shape index (κ2) is 16.3. The fourth-order valence-electron chi connectivity index (χ4n) is 4.06. The Labute approximate surface area is 203 Å². The van der Waals surface area contributed by atoms with E-state index in [1.807, 2.05) is 0 Å². The average Bonchev–Trinajstić information content (AvgIpc) is 3.19. The van der Waals surface area contributed by atoms with Crippen LogP contribution in [0.3, 0.4) is 0 Å². The molecule has 1 atom stereocenters. The third kappa shape index (κ3) is 9.96. The van der Waals surface area contributed by atoms with E-state index in [4.69, 9.17) is 9.47 Å². The number of carbonyl (C=O) groups is 2. The zero-order valence-electron chi connectivity index (χ0n) is 18.1. The number of ether oxygens (including phenoxy) is 2. The number of rotatable bonds is 9. The lowest BCUT2D eigenvalue weighted by Gasteiger charge is -2.29. The minimum absolute atomic E-state index is 0. The molecule has 3 fully saturated rings. The molecular weight excluding hydrogens is 469 g/mol. The van der Waals surface area contributed by atoms with Crippen molar-refractivity contribution in [2.75, 3.05) is 91.9 Å². The monoisotopic (exact) mass is 505 g/mol. The quantitative estimate of drug-likeness (QED) is 0.389. The van der Waals surface area contributed by atoms with Gasteiger partial charge in [-0.15, -0.1) is 37.2 Å². The van der Waals surface area contributed by atoms with E-state index in [-0.39, 0.29) is 55.5 Å². The van der Waals surface area contributed by atoms with Crippen LogP contribution in [0.4, 0.5) is 0 Å². The normalized spacial score (nSPS) is 24.3. The van der Waals surface area contributed by atoms with Gasteiger partial charge >= 0.3 is 0 Å². The summed E-state index contributed by atoms with van der Waals surface area (Å²) < 4.78 is 10.7. The van der Waals surface area contributed by atoms with Crippen molar-refractivity contribution in [2.45, 2.75) is 12.8 Å². The molecular formula is C19H38Cl3N5O4. The van der Waals surface area contributed by atoms with E-state index in [9.17, 15) is 9.59 Å². The maximum Gasteiger partial charge on any atom is 0.228 e. The fraction of sp³-hybridized carbons (Fsp3) is 0.895. The van der Waals surface area contributed by atoms with Crippen LogP contribution in [-0.4, -0.2) is 113 Å². The van der Waals surface area contributed by atoms with Gasteiger partial charge in [0.15, 0.2) is 0 Å². The summed E-state index contributed by atoms with van der Waals surface area (Å²) in [6.45, 7) is 10.9. The van der Waals surface area contributed by atoms with Gasteiger partial charge < -0.3 is 25.4 Å². The van der Waals surface area contributed by atoms with Gasteiger partial charge in [-0.1, -0.05) is 0 Å². The summed E-state index contributed by atoms with van der Waals surface area (Å²) in [5.74, 6) is -0.0469. The van der Waals surface area contributed by atoms with E-state index in [2.05, 4.69) is 25.8 Å². The summed E-state index contributed by atoms with van der Waals surface area (Å²) in [4.78, 5) is 29.9. The average molecular weight is 507 g/mol. The van der Waals surface area contributed by atoms with E-state index >= 15 is 0 Å². The van der Waals surface area contributed by atoms with Crippen LogP contribution in [0.1, 0.15) is 12.8 Å². The molecule has 1 unspecified atom stereocenters. The van der Waals surface area contributed by atoms with Crippen molar-refractivity contribution in [3.05, 3.63) is 0 Å². The SMILES string of the molecule is Cl.Cl.Cl.O=C(CC1(C(=O)NCCN2CCOCC2)CCNC1)NCCN1CCOCC1. The molecule has 3 N–H and O–H groups in total. The fourth-order valence-corrected chi connectivity index (χ4v) is 4.06. The lowest BCUT2D eigenvalue weighted by molar-refractivity contribution is -0.135. The summed E-state index contributed by atoms with van der Waals surface area (Å²) in [6.07, 6.45) is 0.944. The molecule has 3 aliphatic heterocycles. The first-order chi connectivity index (χ1) is 13.7. The summed E-state index contributed by atoms with van der Waals surface area (Å²) in [6, 6.07) is 0. The summed E-state index contributed by atoms with van der Waals surface area (Å²) >= 11 is 0. The third-order valence-electron chi connectivity index (χ3n) is 5.90. The maximum absolute atomic E-state index is 12.9. The van der Waals surface area contributed by atoms with Crippen molar-refractivity contribution in [3.8, 4) is 0 Å². The Morgan fingerprint density at radius 1 is 0.839 bits per heavy atom. The van der Waals surface area contributed by atoms with Crippen molar-refractivity contribution in [1.82, 2.24) is 25.8 Å². The molecule has 0 spiro atoms. The Hall–Kier alpha value is -0.390. The molecule has 0 aromatic heterocycles. The van der Waals surface area contributed by atoms with E-state index in [0.717, 1.165) is 72.2 Å². The lowest BCUT2D eigenvalue weighted by Crippen LogP contribution is -2.49. The van der Waals surface area contributed by atoms with Gasteiger partial charge in [0.1, 0.15) is 0 Å². The first-order valence-electron chi connectivity index (χ1n) is 10.5. The Morgan fingerprint density at radius 2 is 1.35 bits per heavy atom. The minimum Gasteiger partial charge on any atom is -0.379 e. The molecule has 3 aliphatic rings. The third-order valence-corrected chi connectivity index (χ3v) is 5.90. The van der Waals surface area contributed by atoms with Crippen molar-refractivity contribution in [3.63, 3.8) is 0 Å². The van der Waals surface area contributed by atoms with Gasteiger partial charge in [-0.25, -0.2) is 0 Å². The highest BCUT2D eigenvalue weighted by atomic mass is 35.5. The molecule has 0 aromatic carbocycles. The number of carbonyl (C=O) groups excluding carboxylic acids is 2. The topological polar surface area (TPSA) is 95.2 Å². The second-order valence-corrected chi connectivity index (χ2v) is 7.90. The zero-order chi connectivity index (χ0) is 19.7. The summed E-state index contributed by atoms with van der Waals surface area (Å²) in [7, 11) is 0. The number of hydrogen-bond acceptors (Lipinski definition) is 7. The van der Waals surface area contributed by atoms with Gasteiger partial charge in [-0.05, 0) is 13.0 Å². The Bertz CT molecular complexity index is 515. The number of morpholine rings is 2. The second-order valence-electron chi connectivity index (χ2n) is 7.90. The molecule has 184 valence electrons. The van der Waals surface area contributed by atoms with Crippen molar-refractivity contribution < 1.29 is 19.1 Å². The molecule has 0 aromatic rings. The van der Waals surface area contributed by atoms with Gasteiger partial charge in [0.2, 0.25) is 11.8 Å². The van der Waals surface area contributed by atoms with Crippen LogP contribution in [0.2, 0.25) is 0 Å². The van der Waals surface area contributed by atoms with Crippen LogP contribution in [0, 0.1) is 5.41 Å². The number of amides is 2. The molecule has 3 saturated heterocycles. The molecule has 0 aliphatic carbocycles. The van der Waals surface area contributed by atoms with Crippen LogP contribution in [-0.2, 0) is 19.1 Å². The lowest BCUT2D eigenvalue weighted by atomic mass is 9.82. The largest absolute Gasteiger partial charge is 0.379 e. The van der Waals surface area contributed by atoms with Crippen LogP contribution < -0.4 is 16.0 Å². The number of halogens is 3. The molecule has 0 bridgehead atoms. The Kier molecular flexibility index (Phi) is 16.1. The Morgan fingerprint density at radius 3 is 1.84 bits per heavy atom. The summed E-state index contributed by atoms with van der Waals surface area (Å²) in [5.41, 5.74) is -0.631. The minimum atomic E-state index is -0.631. The number of hydrogen-bond donors (Lipinski definition) is 3. The highest BCUT2D eigenvalue weighted by molar-refractivity contribution is 5.89. The number of nitrogens with zero attached hydrogens (tertiary/aromatic N) is 2. The molecule has 12 heteroatoms. The van der Waals surface area contributed by atoms with Crippen molar-refractivity contribution >= 4 is 49.0 Å². The predicted octanol–water partition coefficient (Wildman–Crippen LogP) is -0.482. The van der Waals surface area contributed by atoms with Gasteiger partial charge in [-0.3, -0.25) is 19.4 Å². The molecule has 31 heavy (non-hydrogen) atoms. The van der Waals surface area contributed by atoms with Crippen molar-refractivity contribution in [1.29, 1.82) is 0 Å². The van der Waals surface area contributed by atoms with Crippen LogP contribution in [0.5, 0.6) is 0 Å². The molecule has 0 saturated carbocycles. The van der Waals surface area contributed by atoms with Gasteiger partial charge in [0.05, 0.1) is 31.8 Å². The zero-order valence-corrected chi connectivity index (χ0v) is 20.5. The molecule has 0 radical (unpaired) electrons. The van der Waals surface area contributed by atoms with Gasteiger partial charge in [0.25, 0.3) is 0 Å². The van der Waals surface area contributed by atoms with Crippen LogP contribution in [0.25, 0.3) is 0 Å². The number of nitrogens with one attached hydrogen (secondary N) is 3. The summed E-state index contributed by atoms with van der Waals surface area (Å²) in [5, 5.41) is 9.31. The standard InChI is InChI=1S/C19H35N5O4.3ClH/c25-17(21-3-5-23-7-11-27-12-8-23)15-19(1-2-20-16-19)18(26)22-4-6-24-9-13-28-14-10-24;;;/h20H,1-16H2,(H,21,25)(H,22,26);3*1H.